The molecule has 5 aliphatic rings. The molecule has 1 aromatic rings. The van der Waals surface area contributed by atoms with Crippen LogP contribution in [0.25, 0.3) is 5.70 Å². The summed E-state index contributed by atoms with van der Waals surface area (Å²) in [6.45, 7) is 4.84. The molecular weight excluding hydrogens is 340 g/mol. The maximum Gasteiger partial charge on any atom is 0.251 e. The molecule has 1 unspecified atom stereocenters. The van der Waals surface area contributed by atoms with Gasteiger partial charge in [0.05, 0.1) is 5.70 Å². The van der Waals surface area contributed by atoms with Gasteiger partial charge in [0, 0.05) is 17.6 Å². The Kier molecular flexibility index (Phi) is 3.97. The highest BCUT2D eigenvalue weighted by molar-refractivity contribution is 8.03. The summed E-state index contributed by atoms with van der Waals surface area (Å²) in [6.07, 6.45) is 8.18. The van der Waals surface area contributed by atoms with Crippen LogP contribution in [0.15, 0.2) is 29.7 Å². The summed E-state index contributed by atoms with van der Waals surface area (Å²) in [4.78, 5) is 2.52. The van der Waals surface area contributed by atoms with Crippen LogP contribution >= 0.6 is 11.8 Å². The Hall–Kier alpha value is -0.970. The first-order chi connectivity index (χ1) is 12.5. The average Bonchev–Trinajstić information content (AvgIpc) is 2.93. The molecule has 4 bridgehead atoms. The fourth-order valence-electron chi connectivity index (χ4n) is 6.57. The van der Waals surface area contributed by atoms with E-state index in [1.54, 1.807) is 11.8 Å². The highest BCUT2D eigenvalue weighted by Gasteiger charge is 2.59. The fraction of sp³-hybridized carbons (Fsp3) is 0.636. The van der Waals surface area contributed by atoms with Gasteiger partial charge in [-0.3, -0.25) is 5.73 Å². The van der Waals surface area contributed by atoms with Gasteiger partial charge in [-0.05, 0) is 75.7 Å². The predicted molar refractivity (Wildman–Crippen MR) is 108 cm³/mol. The third-order valence-corrected chi connectivity index (χ3v) is 8.05. The second kappa shape index (κ2) is 6.02. The fourth-order valence-corrected chi connectivity index (χ4v) is 7.67. The molecule has 0 aromatic heterocycles. The summed E-state index contributed by atoms with van der Waals surface area (Å²) in [6, 6.07) is 8.89. The van der Waals surface area contributed by atoms with Crippen LogP contribution in [0.3, 0.4) is 0 Å². The van der Waals surface area contributed by atoms with Gasteiger partial charge in [-0.15, -0.1) is 0 Å². The standard InChI is InChI=1S/C22H30N2OS/c1-3-25-22(23)24(20(14-26-22)19-6-4-15(2)5-7-19)21-11-16-8-17(12-21)10-18(9-16)13-21/h4-7,14,16-18H,3,8-13,23H2,1-2H3. The molecule has 3 nitrogen and oxygen atoms in total. The number of benzene rings is 1. The minimum Gasteiger partial charge on any atom is -0.334 e. The normalized spacial score (nSPS) is 41.0. The van der Waals surface area contributed by atoms with Crippen molar-refractivity contribution in [3.8, 4) is 0 Å². The summed E-state index contributed by atoms with van der Waals surface area (Å²) in [5, 5.41) is 1.49. The molecule has 0 spiro atoms. The quantitative estimate of drug-likeness (QED) is 0.764. The molecule has 4 heteroatoms. The zero-order valence-electron chi connectivity index (χ0n) is 15.9. The van der Waals surface area contributed by atoms with Crippen molar-refractivity contribution in [1.82, 2.24) is 4.90 Å². The van der Waals surface area contributed by atoms with Crippen molar-refractivity contribution in [3.05, 3.63) is 40.8 Å². The van der Waals surface area contributed by atoms with Gasteiger partial charge in [0.15, 0.2) is 0 Å². The van der Waals surface area contributed by atoms with Crippen molar-refractivity contribution in [1.29, 1.82) is 0 Å². The lowest BCUT2D eigenvalue weighted by atomic mass is 9.52. The minimum atomic E-state index is -0.763. The monoisotopic (exact) mass is 370 g/mol. The molecule has 1 heterocycles. The molecule has 0 radical (unpaired) electrons. The number of hydrogen-bond acceptors (Lipinski definition) is 4. The van der Waals surface area contributed by atoms with E-state index < -0.39 is 5.18 Å². The number of aryl methyl sites for hydroxylation is 1. The lowest BCUT2D eigenvalue weighted by Crippen LogP contribution is -2.67. The van der Waals surface area contributed by atoms with Crippen molar-refractivity contribution in [2.24, 2.45) is 23.5 Å². The zero-order valence-corrected chi connectivity index (χ0v) is 16.7. The number of ether oxygens (including phenoxy) is 1. The molecule has 4 saturated carbocycles. The first-order valence-corrected chi connectivity index (χ1v) is 11.1. The number of nitrogens with zero attached hydrogens (tertiary/aromatic N) is 1. The van der Waals surface area contributed by atoms with E-state index in [2.05, 4.69) is 48.4 Å². The van der Waals surface area contributed by atoms with E-state index in [0.29, 0.717) is 6.61 Å². The van der Waals surface area contributed by atoms with E-state index in [1.807, 2.05) is 0 Å². The predicted octanol–water partition coefficient (Wildman–Crippen LogP) is 4.92. The van der Waals surface area contributed by atoms with E-state index in [9.17, 15) is 0 Å². The van der Waals surface area contributed by atoms with Crippen molar-refractivity contribution < 1.29 is 4.74 Å². The molecule has 4 fully saturated rings. The maximum atomic E-state index is 6.91. The van der Waals surface area contributed by atoms with E-state index in [1.165, 1.54) is 55.3 Å². The molecule has 1 aromatic carbocycles. The van der Waals surface area contributed by atoms with Gasteiger partial charge in [0.2, 0.25) is 0 Å². The summed E-state index contributed by atoms with van der Waals surface area (Å²) < 4.78 is 6.18. The second-order valence-electron chi connectivity index (χ2n) is 9.03. The molecule has 6 rings (SSSR count). The van der Waals surface area contributed by atoms with Crippen LogP contribution in [-0.2, 0) is 4.74 Å². The Morgan fingerprint density at radius 2 is 1.65 bits per heavy atom. The molecule has 4 aliphatic carbocycles. The Balaban J connectivity index is 1.57. The Morgan fingerprint density at radius 3 is 2.19 bits per heavy atom. The van der Waals surface area contributed by atoms with Crippen molar-refractivity contribution in [2.45, 2.75) is 63.1 Å². The Bertz CT molecular complexity index is 693. The molecule has 1 atom stereocenters. The van der Waals surface area contributed by atoms with Crippen molar-refractivity contribution >= 4 is 17.5 Å². The molecule has 2 N–H and O–H groups in total. The van der Waals surface area contributed by atoms with Crippen LogP contribution in [-0.4, -0.2) is 22.2 Å². The average molecular weight is 371 g/mol. The van der Waals surface area contributed by atoms with Gasteiger partial charge in [-0.2, -0.15) is 0 Å². The van der Waals surface area contributed by atoms with Crippen LogP contribution in [0.1, 0.15) is 56.6 Å². The van der Waals surface area contributed by atoms with Crippen LogP contribution in [0.5, 0.6) is 0 Å². The van der Waals surface area contributed by atoms with Crippen LogP contribution in [0.4, 0.5) is 0 Å². The number of thioether (sulfide) groups is 1. The number of hydrogen-bond donors (Lipinski definition) is 1. The zero-order chi connectivity index (χ0) is 17.9. The molecule has 0 amide bonds. The van der Waals surface area contributed by atoms with E-state index in [0.717, 1.165) is 17.8 Å². The van der Waals surface area contributed by atoms with Crippen LogP contribution in [0, 0.1) is 24.7 Å². The van der Waals surface area contributed by atoms with Gasteiger partial charge in [-0.1, -0.05) is 41.6 Å². The Morgan fingerprint density at radius 1 is 1.08 bits per heavy atom. The third kappa shape index (κ3) is 2.56. The van der Waals surface area contributed by atoms with E-state index in [-0.39, 0.29) is 5.54 Å². The Labute approximate surface area is 161 Å². The largest absolute Gasteiger partial charge is 0.334 e. The first-order valence-electron chi connectivity index (χ1n) is 10.2. The summed E-state index contributed by atoms with van der Waals surface area (Å²) in [7, 11) is 0. The van der Waals surface area contributed by atoms with Crippen LogP contribution in [0.2, 0.25) is 0 Å². The smallest absolute Gasteiger partial charge is 0.251 e. The summed E-state index contributed by atoms with van der Waals surface area (Å²) in [5.41, 5.74) is 10.9. The van der Waals surface area contributed by atoms with Crippen molar-refractivity contribution in [2.75, 3.05) is 6.61 Å². The topological polar surface area (TPSA) is 38.5 Å². The minimum absolute atomic E-state index is 0.179. The molecule has 1 aliphatic heterocycles. The number of nitrogens with two attached hydrogens (primary N) is 1. The second-order valence-corrected chi connectivity index (χ2v) is 10.1. The lowest BCUT2D eigenvalue weighted by molar-refractivity contribution is -0.149. The highest BCUT2D eigenvalue weighted by atomic mass is 32.2. The van der Waals surface area contributed by atoms with Gasteiger partial charge in [0.1, 0.15) is 0 Å². The number of rotatable bonds is 4. The summed E-state index contributed by atoms with van der Waals surface area (Å²) >= 11 is 1.65. The maximum absolute atomic E-state index is 6.91. The third-order valence-electron chi connectivity index (χ3n) is 7.07. The van der Waals surface area contributed by atoms with Gasteiger partial charge >= 0.3 is 0 Å². The van der Waals surface area contributed by atoms with Crippen LogP contribution < -0.4 is 5.73 Å². The SMILES string of the molecule is CCOC1(N)SC=C(c2ccc(C)cc2)N1C12CC3CC(CC(C3)C1)C2. The lowest BCUT2D eigenvalue weighted by Gasteiger charge is -2.62. The summed E-state index contributed by atoms with van der Waals surface area (Å²) in [5.74, 6) is 2.66. The highest BCUT2D eigenvalue weighted by Crippen LogP contribution is 2.62. The molecule has 140 valence electrons. The van der Waals surface area contributed by atoms with E-state index in [4.69, 9.17) is 10.5 Å². The van der Waals surface area contributed by atoms with E-state index >= 15 is 0 Å². The van der Waals surface area contributed by atoms with Crippen molar-refractivity contribution in [3.63, 3.8) is 0 Å². The molecular formula is C22H30N2OS. The van der Waals surface area contributed by atoms with Gasteiger partial charge < -0.3 is 9.64 Å². The molecule has 26 heavy (non-hydrogen) atoms. The van der Waals surface area contributed by atoms with Gasteiger partial charge in [0.25, 0.3) is 5.18 Å². The molecule has 0 saturated heterocycles. The van der Waals surface area contributed by atoms with Gasteiger partial charge in [-0.25, -0.2) is 0 Å². The first kappa shape index (κ1) is 17.2.